The largest absolute Gasteiger partial charge is 0.218 e. The highest BCUT2D eigenvalue weighted by Crippen LogP contribution is 2.54. The fraction of sp³-hybridized carbons (Fsp3) is 0.333. The van der Waals surface area contributed by atoms with E-state index in [-0.39, 0.29) is 5.41 Å². The molecule has 21 heavy (non-hydrogen) atoms. The lowest BCUT2D eigenvalue weighted by molar-refractivity contribution is 0.494. The molecule has 1 aliphatic heterocycles. The Balaban J connectivity index is 2.15. The van der Waals surface area contributed by atoms with E-state index < -0.39 is 9.84 Å². The van der Waals surface area contributed by atoms with Crippen molar-refractivity contribution in [3.63, 3.8) is 0 Å². The molecule has 2 aromatic carbocycles. The molecular weight excluding hydrogens is 280 g/mol. The fourth-order valence-corrected chi connectivity index (χ4v) is 5.97. The van der Waals surface area contributed by atoms with E-state index in [0.717, 1.165) is 29.5 Å². The normalized spacial score (nSPS) is 21.0. The summed E-state index contributed by atoms with van der Waals surface area (Å²) in [5.41, 5.74) is 3.08. The second-order valence-corrected chi connectivity index (χ2v) is 8.17. The molecule has 0 aromatic heterocycles. The number of hydrogen-bond donors (Lipinski definition) is 0. The third kappa shape index (κ3) is 1.61. The zero-order chi connectivity index (χ0) is 14.7. The van der Waals surface area contributed by atoms with Gasteiger partial charge in [0.2, 0.25) is 9.84 Å². The second kappa shape index (κ2) is 4.20. The molecule has 0 unspecified atom stereocenters. The maximum Gasteiger partial charge on any atom is 0.207 e. The monoisotopic (exact) mass is 298 g/mol. The Kier molecular flexibility index (Phi) is 2.62. The van der Waals surface area contributed by atoms with Gasteiger partial charge in [-0.15, -0.1) is 0 Å². The van der Waals surface area contributed by atoms with Crippen molar-refractivity contribution in [1.29, 1.82) is 0 Å². The van der Waals surface area contributed by atoms with Crippen LogP contribution in [0.5, 0.6) is 0 Å². The average Bonchev–Trinajstić information content (AvgIpc) is 2.96. The molecule has 0 radical (unpaired) electrons. The Morgan fingerprint density at radius 2 is 1.57 bits per heavy atom. The minimum atomic E-state index is -3.38. The lowest BCUT2D eigenvalue weighted by Crippen LogP contribution is -2.32. The van der Waals surface area contributed by atoms with E-state index in [1.165, 1.54) is 12.8 Å². The molecule has 1 saturated carbocycles. The van der Waals surface area contributed by atoms with Crippen molar-refractivity contribution in [2.24, 2.45) is 0 Å². The molecule has 0 atom stereocenters. The maximum absolute atomic E-state index is 12.9. The topological polar surface area (TPSA) is 34.1 Å². The van der Waals surface area contributed by atoms with Crippen LogP contribution in [0.3, 0.4) is 0 Å². The lowest BCUT2D eigenvalue weighted by Gasteiger charge is -2.37. The van der Waals surface area contributed by atoms with Gasteiger partial charge < -0.3 is 0 Å². The Labute approximate surface area is 125 Å². The molecule has 2 nitrogen and oxygen atoms in total. The van der Waals surface area contributed by atoms with Gasteiger partial charge in [-0.3, -0.25) is 0 Å². The van der Waals surface area contributed by atoms with E-state index in [2.05, 4.69) is 6.07 Å². The molecule has 0 saturated heterocycles. The van der Waals surface area contributed by atoms with Crippen molar-refractivity contribution in [3.05, 3.63) is 59.2 Å². The minimum Gasteiger partial charge on any atom is -0.218 e. The van der Waals surface area contributed by atoms with Gasteiger partial charge in [-0.1, -0.05) is 48.7 Å². The summed E-state index contributed by atoms with van der Waals surface area (Å²) < 4.78 is 25.9. The summed E-state index contributed by atoms with van der Waals surface area (Å²) in [7, 11) is -3.38. The Morgan fingerprint density at radius 3 is 2.33 bits per heavy atom. The number of aryl methyl sites for hydroxylation is 1. The van der Waals surface area contributed by atoms with E-state index in [1.54, 1.807) is 12.1 Å². The molecule has 0 amide bonds. The molecule has 1 fully saturated rings. The van der Waals surface area contributed by atoms with Crippen LogP contribution in [0.4, 0.5) is 0 Å². The smallest absolute Gasteiger partial charge is 0.207 e. The summed E-state index contributed by atoms with van der Waals surface area (Å²) in [6, 6.07) is 13.4. The van der Waals surface area contributed by atoms with Crippen LogP contribution >= 0.6 is 0 Å². The second-order valence-electron chi connectivity index (χ2n) is 6.29. The van der Waals surface area contributed by atoms with Gasteiger partial charge in [-0.2, -0.15) is 0 Å². The average molecular weight is 298 g/mol. The van der Waals surface area contributed by atoms with Crippen LogP contribution in [-0.4, -0.2) is 8.42 Å². The van der Waals surface area contributed by atoms with Gasteiger partial charge in [0.05, 0.1) is 9.79 Å². The van der Waals surface area contributed by atoms with E-state index in [0.29, 0.717) is 9.79 Å². The number of sulfone groups is 1. The summed E-state index contributed by atoms with van der Waals surface area (Å²) in [6.45, 7) is 2.04. The van der Waals surface area contributed by atoms with Crippen molar-refractivity contribution in [3.8, 4) is 0 Å². The summed E-state index contributed by atoms with van der Waals surface area (Å²) >= 11 is 0. The van der Waals surface area contributed by atoms with E-state index in [4.69, 9.17) is 0 Å². The zero-order valence-electron chi connectivity index (χ0n) is 12.1. The molecule has 1 aliphatic carbocycles. The molecular formula is C18H18O2S. The molecule has 3 heteroatoms. The number of hydrogen-bond acceptors (Lipinski definition) is 2. The number of rotatable bonds is 0. The third-order valence-corrected chi connectivity index (χ3v) is 6.96. The quantitative estimate of drug-likeness (QED) is 0.736. The van der Waals surface area contributed by atoms with Crippen LogP contribution in [0.2, 0.25) is 0 Å². The Bertz CT molecular complexity index is 828. The molecule has 108 valence electrons. The predicted molar refractivity (Wildman–Crippen MR) is 82.3 cm³/mol. The van der Waals surface area contributed by atoms with Gasteiger partial charge in [-0.05, 0) is 43.0 Å². The van der Waals surface area contributed by atoms with Gasteiger partial charge in [0.15, 0.2) is 0 Å². The standard InChI is InChI=1S/C18H18O2S/c1-13-8-9-17-15(12-13)18(10-4-5-11-18)14-6-2-3-7-16(14)21(17,19)20/h2-3,6-9,12H,4-5,10-11H2,1H3. The molecule has 1 spiro atoms. The van der Waals surface area contributed by atoms with Crippen molar-refractivity contribution >= 4 is 9.84 Å². The molecule has 1 heterocycles. The summed E-state index contributed by atoms with van der Waals surface area (Å²) in [5.74, 6) is 0. The Morgan fingerprint density at radius 1 is 0.905 bits per heavy atom. The first kappa shape index (κ1) is 13.1. The first-order chi connectivity index (χ1) is 10.1. The number of benzene rings is 2. The van der Waals surface area contributed by atoms with Gasteiger partial charge in [0, 0.05) is 5.41 Å². The third-order valence-electron chi connectivity index (χ3n) is 5.09. The van der Waals surface area contributed by atoms with E-state index in [9.17, 15) is 8.42 Å². The molecule has 0 bridgehead atoms. The maximum atomic E-state index is 12.9. The van der Waals surface area contributed by atoms with Gasteiger partial charge in [0.1, 0.15) is 0 Å². The Hall–Kier alpha value is -1.61. The van der Waals surface area contributed by atoms with E-state index >= 15 is 0 Å². The van der Waals surface area contributed by atoms with Gasteiger partial charge in [0.25, 0.3) is 0 Å². The highest BCUT2D eigenvalue weighted by Gasteiger charge is 2.47. The van der Waals surface area contributed by atoms with Crippen LogP contribution in [-0.2, 0) is 15.3 Å². The van der Waals surface area contributed by atoms with Crippen LogP contribution in [0.1, 0.15) is 42.4 Å². The predicted octanol–water partition coefficient (Wildman–Crippen LogP) is 4.00. The summed E-state index contributed by atoms with van der Waals surface area (Å²) in [4.78, 5) is 1.04. The van der Waals surface area contributed by atoms with Crippen molar-refractivity contribution in [2.45, 2.75) is 47.8 Å². The highest BCUT2D eigenvalue weighted by molar-refractivity contribution is 7.91. The summed E-state index contributed by atoms with van der Waals surface area (Å²) in [5, 5.41) is 0. The molecule has 2 aliphatic rings. The molecule has 2 aromatic rings. The van der Waals surface area contributed by atoms with E-state index in [1.807, 2.05) is 31.2 Å². The van der Waals surface area contributed by atoms with Gasteiger partial charge >= 0.3 is 0 Å². The summed E-state index contributed by atoms with van der Waals surface area (Å²) in [6.07, 6.45) is 4.44. The first-order valence-electron chi connectivity index (χ1n) is 7.51. The molecule has 0 N–H and O–H groups in total. The van der Waals surface area contributed by atoms with Gasteiger partial charge in [-0.25, -0.2) is 8.42 Å². The first-order valence-corrected chi connectivity index (χ1v) is 9.00. The SMILES string of the molecule is Cc1ccc2c(c1)C1(CCCC1)c1ccccc1S2(=O)=O. The minimum absolute atomic E-state index is 0.0940. The number of fused-ring (bicyclic) bond motifs is 4. The highest BCUT2D eigenvalue weighted by atomic mass is 32.2. The van der Waals surface area contributed by atoms with Crippen molar-refractivity contribution in [1.82, 2.24) is 0 Å². The zero-order valence-corrected chi connectivity index (χ0v) is 12.9. The van der Waals surface area contributed by atoms with Crippen LogP contribution in [0.15, 0.2) is 52.3 Å². The van der Waals surface area contributed by atoms with Crippen LogP contribution in [0.25, 0.3) is 0 Å². The molecule has 4 rings (SSSR count). The van der Waals surface area contributed by atoms with Crippen LogP contribution < -0.4 is 0 Å². The van der Waals surface area contributed by atoms with Crippen LogP contribution in [0, 0.1) is 6.92 Å². The van der Waals surface area contributed by atoms with Crippen molar-refractivity contribution in [2.75, 3.05) is 0 Å². The van der Waals surface area contributed by atoms with Crippen molar-refractivity contribution < 1.29 is 8.42 Å². The fourth-order valence-electron chi connectivity index (χ4n) is 4.13. The lowest BCUT2D eigenvalue weighted by atomic mass is 9.72.